The third kappa shape index (κ3) is 3.11. The van der Waals surface area contributed by atoms with Gasteiger partial charge in [-0.15, -0.1) is 0 Å². The van der Waals surface area contributed by atoms with Gasteiger partial charge in [-0.2, -0.15) is 0 Å². The van der Waals surface area contributed by atoms with Gasteiger partial charge in [0, 0.05) is 12.4 Å². The Morgan fingerprint density at radius 3 is 2.83 bits per heavy atom. The quantitative estimate of drug-likeness (QED) is 0.689. The second-order valence-corrected chi connectivity index (χ2v) is 5.01. The highest BCUT2D eigenvalue weighted by molar-refractivity contribution is 5.88. The molecule has 0 spiro atoms. The predicted octanol–water partition coefficient (Wildman–Crippen LogP) is 1.96. The lowest BCUT2D eigenvalue weighted by atomic mass is 10.2. The summed E-state index contributed by atoms with van der Waals surface area (Å²) < 4.78 is 6.70. The number of fused-ring (bicyclic) bond motifs is 1. The number of nitrogens with zero attached hydrogens (tertiary/aromatic N) is 3. The van der Waals surface area contributed by atoms with Crippen molar-refractivity contribution in [2.24, 2.45) is 0 Å². The summed E-state index contributed by atoms with van der Waals surface area (Å²) in [5, 5.41) is 0.552. The Bertz CT molecular complexity index is 904. The summed E-state index contributed by atoms with van der Waals surface area (Å²) in [4.78, 5) is 32.6. The molecule has 0 aliphatic heterocycles. The highest BCUT2D eigenvalue weighted by Crippen LogP contribution is 2.07. The molecule has 0 saturated heterocycles. The van der Waals surface area contributed by atoms with E-state index >= 15 is 0 Å². The van der Waals surface area contributed by atoms with Crippen LogP contribution < -0.4 is 5.56 Å². The summed E-state index contributed by atoms with van der Waals surface area (Å²) in [5.74, 6) is 0.128. The second-order valence-electron chi connectivity index (χ2n) is 5.01. The van der Waals surface area contributed by atoms with Crippen molar-refractivity contribution in [2.75, 3.05) is 6.61 Å². The average molecular weight is 309 g/mol. The molecule has 0 aliphatic carbocycles. The van der Waals surface area contributed by atoms with E-state index in [4.69, 9.17) is 4.74 Å². The number of ether oxygens (including phenoxy) is 1. The summed E-state index contributed by atoms with van der Waals surface area (Å²) in [5.41, 5.74) is 0.914. The molecule has 0 bridgehead atoms. The molecule has 3 rings (SSSR count). The maximum absolute atomic E-state index is 12.5. The van der Waals surface area contributed by atoms with E-state index in [0.717, 1.165) is 0 Å². The van der Waals surface area contributed by atoms with E-state index in [1.165, 1.54) is 10.8 Å². The van der Waals surface area contributed by atoms with Crippen LogP contribution in [0.2, 0.25) is 0 Å². The van der Waals surface area contributed by atoms with Crippen molar-refractivity contribution in [1.82, 2.24) is 14.5 Å². The Kier molecular flexibility index (Phi) is 4.14. The van der Waals surface area contributed by atoms with Gasteiger partial charge in [0.15, 0.2) is 0 Å². The first-order chi connectivity index (χ1) is 11.2. The lowest BCUT2D eigenvalue weighted by Gasteiger charge is -2.11. The maximum Gasteiger partial charge on any atom is 0.339 e. The van der Waals surface area contributed by atoms with Crippen molar-refractivity contribution in [3.05, 3.63) is 70.5 Å². The van der Waals surface area contributed by atoms with Gasteiger partial charge in [0.25, 0.3) is 5.56 Å². The van der Waals surface area contributed by atoms with E-state index in [1.807, 2.05) is 6.07 Å². The number of pyridine rings is 1. The van der Waals surface area contributed by atoms with Crippen LogP contribution in [0, 0.1) is 6.92 Å². The number of aryl methyl sites for hydroxylation is 1. The standard InChI is InChI=1S/C17H15N3O3/c1-12-19-15-7-3-2-6-14(15)16(21)20(12)9-10-23-17(22)13-5-4-8-18-11-13/h2-8,11H,9-10H2,1H3. The fraction of sp³-hybridized carbons (Fsp3) is 0.176. The molecule has 23 heavy (non-hydrogen) atoms. The third-order valence-corrected chi connectivity index (χ3v) is 3.50. The van der Waals surface area contributed by atoms with E-state index in [1.54, 1.807) is 43.5 Å². The number of aromatic nitrogens is 3. The van der Waals surface area contributed by atoms with Gasteiger partial charge in [-0.05, 0) is 31.2 Å². The van der Waals surface area contributed by atoms with Crippen LogP contribution >= 0.6 is 0 Å². The van der Waals surface area contributed by atoms with E-state index < -0.39 is 5.97 Å². The van der Waals surface area contributed by atoms with Crippen LogP contribution in [0.3, 0.4) is 0 Å². The van der Waals surface area contributed by atoms with Gasteiger partial charge < -0.3 is 4.74 Å². The van der Waals surface area contributed by atoms with Crippen molar-refractivity contribution in [2.45, 2.75) is 13.5 Å². The molecular weight excluding hydrogens is 294 g/mol. The molecule has 2 heterocycles. The summed E-state index contributed by atoms with van der Waals surface area (Å²) in [6, 6.07) is 10.5. The summed E-state index contributed by atoms with van der Waals surface area (Å²) in [7, 11) is 0. The fourth-order valence-corrected chi connectivity index (χ4v) is 2.34. The Hall–Kier alpha value is -3.02. The van der Waals surface area contributed by atoms with E-state index in [2.05, 4.69) is 9.97 Å². The number of hydrogen-bond donors (Lipinski definition) is 0. The number of carbonyl (C=O) groups is 1. The zero-order chi connectivity index (χ0) is 16.2. The lowest BCUT2D eigenvalue weighted by molar-refractivity contribution is 0.0489. The first-order valence-electron chi connectivity index (χ1n) is 7.20. The molecule has 2 aromatic heterocycles. The van der Waals surface area contributed by atoms with Crippen LogP contribution in [0.25, 0.3) is 10.9 Å². The van der Waals surface area contributed by atoms with Crippen LogP contribution in [0.5, 0.6) is 0 Å². The first kappa shape index (κ1) is 14.9. The number of esters is 1. The minimum Gasteiger partial charge on any atom is -0.460 e. The minimum atomic E-state index is -0.461. The summed E-state index contributed by atoms with van der Waals surface area (Å²) in [6.07, 6.45) is 3.03. The summed E-state index contributed by atoms with van der Waals surface area (Å²) in [6.45, 7) is 2.11. The lowest BCUT2D eigenvalue weighted by Crippen LogP contribution is -2.26. The molecule has 6 nitrogen and oxygen atoms in total. The number of para-hydroxylation sites is 1. The normalized spacial score (nSPS) is 10.7. The molecule has 116 valence electrons. The maximum atomic E-state index is 12.5. The number of carbonyl (C=O) groups excluding carboxylic acids is 1. The SMILES string of the molecule is Cc1nc2ccccc2c(=O)n1CCOC(=O)c1cccnc1. The predicted molar refractivity (Wildman–Crippen MR) is 85.3 cm³/mol. The van der Waals surface area contributed by atoms with Gasteiger partial charge in [-0.3, -0.25) is 14.3 Å². The molecule has 0 saturated carbocycles. The smallest absolute Gasteiger partial charge is 0.339 e. The third-order valence-electron chi connectivity index (χ3n) is 3.50. The molecule has 0 N–H and O–H groups in total. The molecule has 0 fully saturated rings. The number of benzene rings is 1. The van der Waals surface area contributed by atoms with Crippen molar-refractivity contribution >= 4 is 16.9 Å². The Morgan fingerprint density at radius 1 is 1.22 bits per heavy atom. The van der Waals surface area contributed by atoms with Crippen LogP contribution in [0.1, 0.15) is 16.2 Å². The van der Waals surface area contributed by atoms with Gasteiger partial charge in [0.05, 0.1) is 23.0 Å². The van der Waals surface area contributed by atoms with Gasteiger partial charge in [-0.1, -0.05) is 12.1 Å². The first-order valence-corrected chi connectivity index (χ1v) is 7.20. The fourth-order valence-electron chi connectivity index (χ4n) is 2.34. The van der Waals surface area contributed by atoms with Crippen LogP contribution in [0.4, 0.5) is 0 Å². The van der Waals surface area contributed by atoms with Crippen LogP contribution in [-0.2, 0) is 11.3 Å². The molecule has 0 amide bonds. The number of rotatable bonds is 4. The van der Waals surface area contributed by atoms with Crippen LogP contribution in [-0.4, -0.2) is 27.1 Å². The molecule has 0 atom stereocenters. The second kappa shape index (κ2) is 6.39. The van der Waals surface area contributed by atoms with Gasteiger partial charge >= 0.3 is 5.97 Å². The monoisotopic (exact) mass is 309 g/mol. The van der Waals surface area contributed by atoms with Gasteiger partial charge in [0.1, 0.15) is 12.4 Å². The molecule has 0 aliphatic rings. The molecule has 0 radical (unpaired) electrons. The average Bonchev–Trinajstić information content (AvgIpc) is 2.58. The highest BCUT2D eigenvalue weighted by Gasteiger charge is 2.10. The molecule has 6 heteroatoms. The number of hydrogen-bond acceptors (Lipinski definition) is 5. The van der Waals surface area contributed by atoms with Crippen LogP contribution in [0.15, 0.2) is 53.6 Å². The van der Waals surface area contributed by atoms with Crippen molar-refractivity contribution in [3.8, 4) is 0 Å². The van der Waals surface area contributed by atoms with Crippen molar-refractivity contribution < 1.29 is 9.53 Å². The van der Waals surface area contributed by atoms with E-state index in [0.29, 0.717) is 22.3 Å². The van der Waals surface area contributed by atoms with Gasteiger partial charge in [-0.25, -0.2) is 9.78 Å². The zero-order valence-electron chi connectivity index (χ0n) is 12.6. The highest BCUT2D eigenvalue weighted by atomic mass is 16.5. The van der Waals surface area contributed by atoms with E-state index in [-0.39, 0.29) is 18.7 Å². The Morgan fingerprint density at radius 2 is 2.04 bits per heavy atom. The molecule has 1 aromatic carbocycles. The molecule has 0 unspecified atom stereocenters. The Balaban J connectivity index is 1.75. The van der Waals surface area contributed by atoms with E-state index in [9.17, 15) is 9.59 Å². The van der Waals surface area contributed by atoms with Crippen molar-refractivity contribution in [1.29, 1.82) is 0 Å². The molecule has 3 aromatic rings. The molecular formula is C17H15N3O3. The van der Waals surface area contributed by atoms with Crippen molar-refractivity contribution in [3.63, 3.8) is 0 Å². The minimum absolute atomic E-state index is 0.0918. The zero-order valence-corrected chi connectivity index (χ0v) is 12.6. The largest absolute Gasteiger partial charge is 0.460 e. The van der Waals surface area contributed by atoms with Gasteiger partial charge in [0.2, 0.25) is 0 Å². The topological polar surface area (TPSA) is 74.1 Å². The Labute approximate surface area is 132 Å². The summed E-state index contributed by atoms with van der Waals surface area (Å²) >= 11 is 0.